The van der Waals surface area contributed by atoms with Crippen LogP contribution in [0.5, 0.6) is 5.75 Å². The number of carbonyl (C=O) groups excluding carboxylic acids is 1. The molecular weight excluding hydrogens is 434 g/mol. The van der Waals surface area contributed by atoms with Crippen LogP contribution in [-0.4, -0.2) is 38.4 Å². The van der Waals surface area contributed by atoms with Gasteiger partial charge in [0.2, 0.25) is 10.0 Å². The molecule has 3 aromatic rings. The normalized spacial score (nSPS) is 16.1. The first-order chi connectivity index (χ1) is 14.8. The van der Waals surface area contributed by atoms with Crippen molar-refractivity contribution in [3.05, 3.63) is 82.0 Å². The monoisotopic (exact) mass is 455 g/mol. The zero-order chi connectivity index (χ0) is 22.0. The third kappa shape index (κ3) is 4.78. The summed E-state index contributed by atoms with van der Waals surface area (Å²) in [6.07, 6.45) is 1.63. The number of nitrogens with zero attached hydrogens (tertiary/aromatic N) is 2. The van der Waals surface area contributed by atoms with Crippen molar-refractivity contribution >= 4 is 38.7 Å². The van der Waals surface area contributed by atoms with Crippen molar-refractivity contribution in [2.45, 2.75) is 12.5 Å². The molecule has 2 aromatic carbocycles. The van der Waals surface area contributed by atoms with Gasteiger partial charge < -0.3 is 4.74 Å². The summed E-state index contributed by atoms with van der Waals surface area (Å²) >= 11 is 1.57. The lowest BCUT2D eigenvalue weighted by atomic mass is 10.0. The van der Waals surface area contributed by atoms with Crippen LogP contribution in [0.25, 0.3) is 0 Å². The standard InChI is InChI=1S/C22H21N3O4S2/c1-29-18-9-4-7-16(13-18)22(26)25-20(21-10-5-11-30-21)14-19(23-25)15-6-3-8-17(12-15)24-31(2,27)28/h3-13,20,24H,14H2,1-2H3. The Morgan fingerprint density at radius 1 is 1.16 bits per heavy atom. The van der Waals surface area contributed by atoms with E-state index in [2.05, 4.69) is 9.82 Å². The maximum absolute atomic E-state index is 13.3. The summed E-state index contributed by atoms with van der Waals surface area (Å²) in [6.45, 7) is 0. The highest BCUT2D eigenvalue weighted by Crippen LogP contribution is 2.36. The molecule has 7 nitrogen and oxygen atoms in total. The second-order valence-corrected chi connectivity index (χ2v) is 9.85. The Balaban J connectivity index is 1.70. The minimum Gasteiger partial charge on any atom is -0.497 e. The van der Waals surface area contributed by atoms with Gasteiger partial charge in [0.05, 0.1) is 25.1 Å². The van der Waals surface area contributed by atoms with Crippen molar-refractivity contribution < 1.29 is 17.9 Å². The Morgan fingerprint density at radius 2 is 1.97 bits per heavy atom. The number of hydrogen-bond acceptors (Lipinski definition) is 6. The Morgan fingerprint density at radius 3 is 2.68 bits per heavy atom. The van der Waals surface area contributed by atoms with Gasteiger partial charge in [-0.05, 0) is 47.3 Å². The minimum atomic E-state index is -3.40. The molecule has 2 heterocycles. The number of ether oxygens (including phenoxy) is 1. The number of anilines is 1. The van der Waals surface area contributed by atoms with Gasteiger partial charge in [-0.1, -0.05) is 24.3 Å². The van der Waals surface area contributed by atoms with E-state index < -0.39 is 10.0 Å². The number of benzene rings is 2. The van der Waals surface area contributed by atoms with E-state index in [4.69, 9.17) is 4.74 Å². The molecule has 1 aliphatic rings. The molecule has 1 aromatic heterocycles. The largest absolute Gasteiger partial charge is 0.497 e. The molecule has 1 unspecified atom stereocenters. The average molecular weight is 456 g/mol. The van der Waals surface area contributed by atoms with Crippen LogP contribution >= 0.6 is 11.3 Å². The van der Waals surface area contributed by atoms with E-state index in [1.54, 1.807) is 60.9 Å². The third-order valence-corrected chi connectivity index (χ3v) is 6.39. The van der Waals surface area contributed by atoms with E-state index in [0.29, 0.717) is 29.1 Å². The topological polar surface area (TPSA) is 88.1 Å². The van der Waals surface area contributed by atoms with Crippen LogP contribution in [0.1, 0.15) is 33.3 Å². The SMILES string of the molecule is COc1cccc(C(=O)N2N=C(c3cccc(NS(C)(=O)=O)c3)CC2c2cccs2)c1. The maximum atomic E-state index is 13.3. The molecule has 4 rings (SSSR count). The molecule has 9 heteroatoms. The molecule has 0 saturated heterocycles. The second-order valence-electron chi connectivity index (χ2n) is 7.12. The maximum Gasteiger partial charge on any atom is 0.274 e. The van der Waals surface area contributed by atoms with Crippen molar-refractivity contribution in [2.24, 2.45) is 5.10 Å². The van der Waals surface area contributed by atoms with Crippen LogP contribution < -0.4 is 9.46 Å². The number of nitrogens with one attached hydrogen (secondary N) is 1. The van der Waals surface area contributed by atoms with Gasteiger partial charge in [-0.25, -0.2) is 13.4 Å². The first-order valence-corrected chi connectivity index (χ1v) is 12.3. The fourth-order valence-corrected chi connectivity index (χ4v) is 4.81. The molecule has 0 fully saturated rings. The fraction of sp³-hybridized carbons (Fsp3) is 0.182. The molecule has 1 N–H and O–H groups in total. The quantitative estimate of drug-likeness (QED) is 0.606. The van der Waals surface area contributed by atoms with Gasteiger partial charge in [-0.2, -0.15) is 5.10 Å². The number of thiophene rings is 1. The van der Waals surface area contributed by atoms with Crippen LogP contribution in [0.4, 0.5) is 5.69 Å². The van der Waals surface area contributed by atoms with E-state index in [9.17, 15) is 13.2 Å². The molecule has 0 spiro atoms. The highest BCUT2D eigenvalue weighted by atomic mass is 32.2. The molecule has 0 saturated carbocycles. The molecule has 0 aliphatic carbocycles. The molecule has 31 heavy (non-hydrogen) atoms. The summed E-state index contributed by atoms with van der Waals surface area (Å²) < 4.78 is 30.9. The summed E-state index contributed by atoms with van der Waals surface area (Å²) in [5.74, 6) is 0.374. The molecule has 0 bridgehead atoms. The van der Waals surface area contributed by atoms with Crippen LogP contribution in [0.2, 0.25) is 0 Å². The number of methoxy groups -OCH3 is 1. The van der Waals surface area contributed by atoms with Gasteiger partial charge in [0, 0.05) is 22.5 Å². The lowest BCUT2D eigenvalue weighted by molar-refractivity contribution is 0.0713. The number of carbonyl (C=O) groups is 1. The van der Waals surface area contributed by atoms with E-state index >= 15 is 0 Å². The Hall–Kier alpha value is -3.17. The van der Waals surface area contributed by atoms with Crippen LogP contribution in [0, 0.1) is 0 Å². The minimum absolute atomic E-state index is 0.224. The summed E-state index contributed by atoms with van der Waals surface area (Å²) in [5.41, 5.74) is 2.41. The van der Waals surface area contributed by atoms with Crippen molar-refractivity contribution in [2.75, 3.05) is 18.1 Å². The van der Waals surface area contributed by atoms with Gasteiger partial charge in [0.1, 0.15) is 5.75 Å². The Bertz CT molecular complexity index is 1240. The zero-order valence-corrected chi connectivity index (χ0v) is 18.6. The molecule has 1 amide bonds. The van der Waals surface area contributed by atoms with Gasteiger partial charge in [0.15, 0.2) is 0 Å². The van der Waals surface area contributed by atoms with Crippen molar-refractivity contribution in [3.63, 3.8) is 0 Å². The molecule has 1 aliphatic heterocycles. The van der Waals surface area contributed by atoms with Crippen LogP contribution in [-0.2, 0) is 10.0 Å². The molecule has 160 valence electrons. The van der Waals surface area contributed by atoms with Gasteiger partial charge in [0.25, 0.3) is 5.91 Å². The van der Waals surface area contributed by atoms with Gasteiger partial charge >= 0.3 is 0 Å². The van der Waals surface area contributed by atoms with E-state index in [1.807, 2.05) is 23.6 Å². The smallest absolute Gasteiger partial charge is 0.274 e. The summed E-state index contributed by atoms with van der Waals surface area (Å²) in [7, 11) is -1.84. The lowest BCUT2D eigenvalue weighted by Crippen LogP contribution is -2.26. The first kappa shape index (κ1) is 21.1. The Kier molecular flexibility index (Phi) is 5.79. The average Bonchev–Trinajstić information content (AvgIpc) is 3.42. The summed E-state index contributed by atoms with van der Waals surface area (Å²) in [6, 6.07) is 17.7. The van der Waals surface area contributed by atoms with Crippen molar-refractivity contribution in [1.82, 2.24) is 5.01 Å². The summed E-state index contributed by atoms with van der Waals surface area (Å²) in [5, 5.41) is 8.13. The zero-order valence-electron chi connectivity index (χ0n) is 17.0. The Labute approximate surface area is 185 Å². The van der Waals surface area contributed by atoms with E-state index in [0.717, 1.165) is 16.7 Å². The number of rotatable bonds is 6. The van der Waals surface area contributed by atoms with Crippen LogP contribution in [0.15, 0.2) is 71.1 Å². The number of amides is 1. The van der Waals surface area contributed by atoms with Crippen molar-refractivity contribution in [1.29, 1.82) is 0 Å². The molecular formula is C22H21N3O4S2. The number of hydrogen-bond donors (Lipinski definition) is 1. The summed E-state index contributed by atoms with van der Waals surface area (Å²) in [4.78, 5) is 14.4. The lowest BCUT2D eigenvalue weighted by Gasteiger charge is -2.20. The van der Waals surface area contributed by atoms with E-state index in [1.165, 1.54) is 5.01 Å². The van der Waals surface area contributed by atoms with Crippen molar-refractivity contribution in [3.8, 4) is 5.75 Å². The molecule has 1 atom stereocenters. The molecule has 0 radical (unpaired) electrons. The third-order valence-electron chi connectivity index (χ3n) is 4.81. The second kappa shape index (κ2) is 8.52. The predicted octanol–water partition coefficient (Wildman–Crippen LogP) is 4.12. The van der Waals surface area contributed by atoms with Gasteiger partial charge in [-0.15, -0.1) is 11.3 Å². The van der Waals surface area contributed by atoms with Crippen LogP contribution in [0.3, 0.4) is 0 Å². The highest BCUT2D eigenvalue weighted by Gasteiger charge is 2.34. The fourth-order valence-electron chi connectivity index (χ4n) is 3.44. The van der Waals surface area contributed by atoms with Gasteiger partial charge in [-0.3, -0.25) is 9.52 Å². The highest BCUT2D eigenvalue weighted by molar-refractivity contribution is 7.92. The number of hydrazone groups is 1. The number of sulfonamides is 1. The predicted molar refractivity (Wildman–Crippen MR) is 122 cm³/mol. The first-order valence-electron chi connectivity index (χ1n) is 9.51. The van der Waals surface area contributed by atoms with E-state index in [-0.39, 0.29) is 11.9 Å².